The number of furan rings is 1. The first-order valence-electron chi connectivity index (χ1n) is 6.71. The summed E-state index contributed by atoms with van der Waals surface area (Å²) in [5.41, 5.74) is 1.38. The van der Waals surface area contributed by atoms with Crippen molar-refractivity contribution in [2.45, 2.75) is 17.0 Å². The van der Waals surface area contributed by atoms with Crippen LogP contribution in [0.25, 0.3) is 0 Å². The average molecular weight is 473 g/mol. The number of anilines is 1. The second-order valence-electron chi connectivity index (χ2n) is 4.84. The van der Waals surface area contributed by atoms with Crippen molar-refractivity contribution in [2.24, 2.45) is 7.05 Å². The van der Waals surface area contributed by atoms with Crippen LogP contribution in [-0.2, 0) is 7.05 Å². The number of rotatable bonds is 4. The van der Waals surface area contributed by atoms with Crippen LogP contribution in [0.15, 0.2) is 47.9 Å². The van der Waals surface area contributed by atoms with Crippen LogP contribution in [0.3, 0.4) is 0 Å². The first kappa shape index (κ1) is 17.2. The number of amides is 1. The largest absolute Gasteiger partial charge is 0.444 e. The minimum absolute atomic E-state index is 0.262. The molecule has 1 amide bonds. The number of aryl methyl sites for hydroxylation is 2. The Hall–Kier alpha value is -1.65. The summed E-state index contributed by atoms with van der Waals surface area (Å²) in [4.78, 5) is 13.3. The summed E-state index contributed by atoms with van der Waals surface area (Å²) in [6.45, 7) is 1.81. The third-order valence-corrected chi connectivity index (χ3v) is 5.05. The maximum Gasteiger partial charge on any atom is 0.291 e. The highest BCUT2D eigenvalue weighted by molar-refractivity contribution is 9.10. The van der Waals surface area contributed by atoms with Gasteiger partial charge >= 0.3 is 0 Å². The van der Waals surface area contributed by atoms with Crippen LogP contribution < -0.4 is 5.32 Å². The summed E-state index contributed by atoms with van der Waals surface area (Å²) in [6, 6.07) is 7.33. The molecule has 0 atom stereocenters. The van der Waals surface area contributed by atoms with Crippen molar-refractivity contribution in [3.05, 3.63) is 44.7 Å². The van der Waals surface area contributed by atoms with Gasteiger partial charge in [-0.25, -0.2) is 4.68 Å². The quantitative estimate of drug-likeness (QED) is 0.616. The van der Waals surface area contributed by atoms with E-state index in [1.165, 1.54) is 11.8 Å². The van der Waals surface area contributed by atoms with Gasteiger partial charge in [0.1, 0.15) is 0 Å². The molecule has 0 radical (unpaired) electrons. The number of nitrogens with one attached hydrogen (secondary N) is 1. The van der Waals surface area contributed by atoms with E-state index < -0.39 is 0 Å². The molecule has 0 fully saturated rings. The van der Waals surface area contributed by atoms with Crippen molar-refractivity contribution in [1.29, 1.82) is 0 Å². The topological polar surface area (TPSA) is 85.8 Å². The lowest BCUT2D eigenvalue weighted by molar-refractivity contribution is 0.0994. The van der Waals surface area contributed by atoms with Crippen molar-refractivity contribution in [3.63, 3.8) is 0 Å². The van der Waals surface area contributed by atoms with E-state index in [4.69, 9.17) is 4.42 Å². The minimum atomic E-state index is -0.325. The predicted octanol–water partition coefficient (Wildman–Crippen LogP) is 4.04. The number of carbonyl (C=O) groups excluding carboxylic acids is 1. The molecule has 2 aromatic heterocycles. The van der Waals surface area contributed by atoms with E-state index >= 15 is 0 Å². The fourth-order valence-corrected chi connectivity index (χ4v) is 3.61. The van der Waals surface area contributed by atoms with Crippen LogP contribution >= 0.6 is 43.6 Å². The van der Waals surface area contributed by atoms with Gasteiger partial charge in [-0.05, 0) is 69.3 Å². The van der Waals surface area contributed by atoms with Gasteiger partial charge in [0.2, 0.25) is 5.16 Å². The number of nitrogens with zero attached hydrogens (tertiary/aromatic N) is 4. The van der Waals surface area contributed by atoms with Crippen LogP contribution in [0.2, 0.25) is 0 Å². The molecule has 0 unspecified atom stereocenters. The maximum atomic E-state index is 12.5. The van der Waals surface area contributed by atoms with Gasteiger partial charge in [0, 0.05) is 22.0 Å². The van der Waals surface area contributed by atoms with E-state index in [0.717, 1.165) is 14.9 Å². The zero-order chi connectivity index (χ0) is 17.3. The SMILES string of the molecule is Cc1cc(Br)oc1C(=O)Nc1cc(Br)ccc1Sc1nnnn1C. The Kier molecular flexibility index (Phi) is 5.07. The van der Waals surface area contributed by atoms with Crippen molar-refractivity contribution in [3.8, 4) is 0 Å². The summed E-state index contributed by atoms with van der Waals surface area (Å²) >= 11 is 8.00. The van der Waals surface area contributed by atoms with Crippen molar-refractivity contribution >= 4 is 55.2 Å². The molecular weight excluding hydrogens is 462 g/mol. The molecule has 1 aromatic carbocycles. The summed E-state index contributed by atoms with van der Waals surface area (Å²) in [6.07, 6.45) is 0. The number of hydrogen-bond donors (Lipinski definition) is 1. The standard InChI is InChI=1S/C14H11Br2N5O2S/c1-7-5-11(16)23-12(7)13(22)17-9-6-8(15)3-4-10(9)24-14-18-19-20-21(14)2/h3-6H,1-2H3,(H,17,22). The zero-order valence-electron chi connectivity index (χ0n) is 12.6. The lowest BCUT2D eigenvalue weighted by atomic mass is 10.2. The van der Waals surface area contributed by atoms with Crippen molar-refractivity contribution < 1.29 is 9.21 Å². The lowest BCUT2D eigenvalue weighted by Crippen LogP contribution is -2.13. The first-order valence-corrected chi connectivity index (χ1v) is 9.11. The maximum absolute atomic E-state index is 12.5. The molecule has 3 rings (SSSR count). The number of carbonyl (C=O) groups is 1. The van der Waals surface area contributed by atoms with Gasteiger partial charge in [-0.3, -0.25) is 4.79 Å². The second-order valence-corrected chi connectivity index (χ2v) is 7.55. The number of aromatic nitrogens is 4. The van der Waals surface area contributed by atoms with Gasteiger partial charge in [-0.2, -0.15) is 0 Å². The monoisotopic (exact) mass is 471 g/mol. The third-order valence-electron chi connectivity index (χ3n) is 3.07. The van der Waals surface area contributed by atoms with E-state index in [-0.39, 0.29) is 11.7 Å². The van der Waals surface area contributed by atoms with Gasteiger partial charge in [0.15, 0.2) is 10.4 Å². The predicted molar refractivity (Wildman–Crippen MR) is 96.2 cm³/mol. The molecular formula is C14H11Br2N5O2S. The number of halogens is 2. The fraction of sp³-hybridized carbons (Fsp3) is 0.143. The Bertz CT molecular complexity index is 908. The molecule has 124 valence electrons. The first-order chi connectivity index (χ1) is 11.4. The molecule has 2 heterocycles. The second kappa shape index (κ2) is 7.08. The molecule has 10 heteroatoms. The Balaban J connectivity index is 1.89. The summed E-state index contributed by atoms with van der Waals surface area (Å²) in [5.74, 6) is -0.0626. The molecule has 0 saturated carbocycles. The summed E-state index contributed by atoms with van der Waals surface area (Å²) in [5, 5.41) is 14.8. The summed E-state index contributed by atoms with van der Waals surface area (Å²) in [7, 11) is 1.75. The molecule has 0 bridgehead atoms. The lowest BCUT2D eigenvalue weighted by Gasteiger charge is -2.10. The molecule has 0 aliphatic heterocycles. The molecule has 1 N–H and O–H groups in total. The van der Waals surface area contributed by atoms with E-state index in [1.54, 1.807) is 17.8 Å². The molecule has 0 aliphatic rings. The molecule has 0 saturated heterocycles. The van der Waals surface area contributed by atoms with E-state index in [2.05, 4.69) is 52.7 Å². The van der Waals surface area contributed by atoms with Gasteiger partial charge in [-0.15, -0.1) is 5.10 Å². The van der Waals surface area contributed by atoms with Crippen LogP contribution in [0, 0.1) is 6.92 Å². The highest BCUT2D eigenvalue weighted by Crippen LogP contribution is 2.34. The van der Waals surface area contributed by atoms with Gasteiger partial charge in [0.25, 0.3) is 5.91 Å². The van der Waals surface area contributed by atoms with Crippen LogP contribution in [0.4, 0.5) is 5.69 Å². The van der Waals surface area contributed by atoms with Crippen LogP contribution in [0.1, 0.15) is 16.1 Å². The Morgan fingerprint density at radius 2 is 2.12 bits per heavy atom. The molecule has 7 nitrogen and oxygen atoms in total. The zero-order valence-corrected chi connectivity index (χ0v) is 16.6. The minimum Gasteiger partial charge on any atom is -0.444 e. The Morgan fingerprint density at radius 1 is 1.33 bits per heavy atom. The highest BCUT2D eigenvalue weighted by atomic mass is 79.9. The summed E-state index contributed by atoms with van der Waals surface area (Å²) < 4.78 is 8.31. The fourth-order valence-electron chi connectivity index (χ4n) is 1.94. The van der Waals surface area contributed by atoms with Crippen LogP contribution in [-0.4, -0.2) is 26.1 Å². The highest BCUT2D eigenvalue weighted by Gasteiger charge is 2.18. The number of hydrogen-bond acceptors (Lipinski definition) is 6. The van der Waals surface area contributed by atoms with Crippen LogP contribution in [0.5, 0.6) is 0 Å². The number of tetrazole rings is 1. The van der Waals surface area contributed by atoms with E-state index in [1.807, 2.05) is 25.1 Å². The Morgan fingerprint density at radius 3 is 2.75 bits per heavy atom. The molecule has 0 spiro atoms. The Labute approximate surface area is 158 Å². The van der Waals surface area contributed by atoms with Gasteiger partial charge < -0.3 is 9.73 Å². The molecule has 0 aliphatic carbocycles. The smallest absolute Gasteiger partial charge is 0.291 e. The van der Waals surface area contributed by atoms with E-state index in [0.29, 0.717) is 15.5 Å². The van der Waals surface area contributed by atoms with Crippen molar-refractivity contribution in [1.82, 2.24) is 20.2 Å². The molecule has 24 heavy (non-hydrogen) atoms. The number of benzene rings is 1. The normalized spacial score (nSPS) is 10.8. The molecule has 3 aromatic rings. The van der Waals surface area contributed by atoms with E-state index in [9.17, 15) is 4.79 Å². The third kappa shape index (κ3) is 3.70. The van der Waals surface area contributed by atoms with Gasteiger partial charge in [0.05, 0.1) is 5.69 Å². The van der Waals surface area contributed by atoms with Gasteiger partial charge in [-0.1, -0.05) is 15.9 Å². The average Bonchev–Trinajstić information content (AvgIpc) is 3.07. The van der Waals surface area contributed by atoms with Crippen molar-refractivity contribution in [2.75, 3.05) is 5.32 Å².